The van der Waals surface area contributed by atoms with E-state index in [4.69, 9.17) is 0 Å². The number of rotatable bonds is 5. The van der Waals surface area contributed by atoms with E-state index in [1.54, 1.807) is 18.3 Å². The number of ketones is 2. The van der Waals surface area contributed by atoms with Crippen molar-refractivity contribution in [1.29, 1.82) is 0 Å². The minimum absolute atomic E-state index is 0.00906. The molecule has 0 N–H and O–H groups in total. The Hall–Kier alpha value is -2.83. The van der Waals surface area contributed by atoms with Gasteiger partial charge in [0.15, 0.2) is 23.1 Å². The highest BCUT2D eigenvalue weighted by atomic mass is 19.3. The molecule has 2 aromatic rings. The second-order valence-electron chi connectivity index (χ2n) is 4.92. The number of alkyl halides is 2. The molecule has 1 aromatic heterocycles. The lowest BCUT2D eigenvalue weighted by molar-refractivity contribution is -0.286. The van der Waals surface area contributed by atoms with Gasteiger partial charge in [0.25, 0.3) is 0 Å². The molecule has 2 heterocycles. The summed E-state index contributed by atoms with van der Waals surface area (Å²) < 4.78 is 34.4. The van der Waals surface area contributed by atoms with Gasteiger partial charge in [-0.15, -0.1) is 8.78 Å². The summed E-state index contributed by atoms with van der Waals surface area (Å²) in [4.78, 5) is 27.8. The number of carbonyl (C=O) groups excluding carboxylic acids is 2. The third-order valence-electron chi connectivity index (χ3n) is 3.29. The molecule has 0 radical (unpaired) electrons. The first-order valence-corrected chi connectivity index (χ1v) is 6.81. The smallest absolute Gasteiger partial charge is 0.395 e. The van der Waals surface area contributed by atoms with Gasteiger partial charge in [-0.2, -0.15) is 0 Å². The van der Waals surface area contributed by atoms with Crippen molar-refractivity contribution in [3.63, 3.8) is 0 Å². The van der Waals surface area contributed by atoms with Crippen LogP contribution in [0.5, 0.6) is 11.5 Å². The number of halogens is 2. The number of hydrogen-bond acceptors (Lipinski definition) is 5. The third kappa shape index (κ3) is 3.33. The number of Topliss-reactive ketones (excluding diaryl/α,β-unsaturated/α-hetero) is 2. The van der Waals surface area contributed by atoms with Crippen molar-refractivity contribution in [1.82, 2.24) is 4.98 Å². The van der Waals surface area contributed by atoms with Gasteiger partial charge in [-0.05, 0) is 30.3 Å². The van der Waals surface area contributed by atoms with E-state index in [1.165, 1.54) is 24.4 Å². The van der Waals surface area contributed by atoms with Crippen LogP contribution in [0, 0.1) is 0 Å². The number of benzene rings is 1. The molecule has 0 aliphatic carbocycles. The molecule has 3 rings (SSSR count). The van der Waals surface area contributed by atoms with E-state index in [-0.39, 0.29) is 41.5 Å². The Balaban J connectivity index is 1.65. The molecule has 5 nitrogen and oxygen atoms in total. The van der Waals surface area contributed by atoms with Crippen molar-refractivity contribution in [3.05, 3.63) is 53.9 Å². The van der Waals surface area contributed by atoms with Crippen LogP contribution in [0.2, 0.25) is 0 Å². The number of hydrogen-bond donors (Lipinski definition) is 0. The molecule has 0 unspecified atom stereocenters. The summed E-state index contributed by atoms with van der Waals surface area (Å²) in [5.41, 5.74) is 0.606. The highest BCUT2D eigenvalue weighted by Gasteiger charge is 2.43. The molecule has 0 amide bonds. The van der Waals surface area contributed by atoms with Gasteiger partial charge in [0, 0.05) is 36.4 Å². The van der Waals surface area contributed by atoms with E-state index < -0.39 is 6.29 Å². The first kappa shape index (κ1) is 15.1. The van der Waals surface area contributed by atoms with Gasteiger partial charge < -0.3 is 9.47 Å². The monoisotopic (exact) mass is 319 g/mol. The zero-order chi connectivity index (χ0) is 16.4. The topological polar surface area (TPSA) is 65.5 Å². The Morgan fingerprint density at radius 2 is 1.70 bits per heavy atom. The minimum atomic E-state index is -3.72. The minimum Gasteiger partial charge on any atom is -0.395 e. The lowest BCUT2D eigenvalue weighted by atomic mass is 10.0. The van der Waals surface area contributed by atoms with Gasteiger partial charge in [-0.25, -0.2) is 0 Å². The van der Waals surface area contributed by atoms with Gasteiger partial charge in [-0.1, -0.05) is 0 Å². The fourth-order valence-corrected chi connectivity index (χ4v) is 2.17. The van der Waals surface area contributed by atoms with Crippen molar-refractivity contribution in [2.45, 2.75) is 19.1 Å². The molecule has 0 fully saturated rings. The van der Waals surface area contributed by atoms with E-state index in [2.05, 4.69) is 14.5 Å². The Morgan fingerprint density at radius 3 is 2.39 bits per heavy atom. The van der Waals surface area contributed by atoms with Gasteiger partial charge in [0.2, 0.25) is 0 Å². The second kappa shape index (κ2) is 5.75. The standard InChI is InChI=1S/C16H11F2NO4/c17-16(18)22-14-6-3-10(8-15(14)23-16)12(20)4-5-13(21)11-2-1-7-19-9-11/h1-3,6-9H,4-5H2. The van der Waals surface area contributed by atoms with E-state index in [0.29, 0.717) is 5.56 Å². The Kier molecular flexibility index (Phi) is 3.77. The number of pyridine rings is 1. The summed E-state index contributed by atoms with van der Waals surface area (Å²) in [5.74, 6) is -0.875. The van der Waals surface area contributed by atoms with E-state index in [0.717, 1.165) is 0 Å². The van der Waals surface area contributed by atoms with E-state index in [1.807, 2.05) is 0 Å². The maximum absolute atomic E-state index is 12.9. The first-order valence-electron chi connectivity index (χ1n) is 6.81. The van der Waals surface area contributed by atoms with Crippen LogP contribution in [0.3, 0.4) is 0 Å². The molecule has 0 spiro atoms. The average molecular weight is 319 g/mol. The zero-order valence-electron chi connectivity index (χ0n) is 11.8. The molecule has 0 bridgehead atoms. The predicted molar refractivity (Wildman–Crippen MR) is 74.8 cm³/mol. The number of nitrogens with zero attached hydrogens (tertiary/aromatic N) is 1. The summed E-state index contributed by atoms with van der Waals surface area (Å²) in [6, 6.07) is 7.04. The Morgan fingerprint density at radius 1 is 1.00 bits per heavy atom. The molecule has 1 aliphatic rings. The predicted octanol–water partition coefficient (Wildman–Crippen LogP) is 3.25. The SMILES string of the molecule is O=C(CCC(=O)c1ccc2c(c1)OC(F)(F)O2)c1cccnc1. The first-order chi connectivity index (χ1) is 10.9. The molecule has 0 saturated heterocycles. The number of aromatic nitrogens is 1. The van der Waals surface area contributed by atoms with Crippen LogP contribution in [0.1, 0.15) is 33.6 Å². The molecule has 1 aromatic carbocycles. The van der Waals surface area contributed by atoms with Crippen LogP contribution >= 0.6 is 0 Å². The Bertz CT molecular complexity index is 762. The summed E-state index contributed by atoms with van der Waals surface area (Å²) in [6.07, 6.45) is -0.779. The van der Waals surface area contributed by atoms with Crippen LogP contribution in [0.4, 0.5) is 8.78 Å². The molecular formula is C16H11F2NO4. The fraction of sp³-hybridized carbons (Fsp3) is 0.188. The molecule has 7 heteroatoms. The maximum Gasteiger partial charge on any atom is 0.586 e. The van der Waals surface area contributed by atoms with Crippen LogP contribution in [-0.2, 0) is 0 Å². The van der Waals surface area contributed by atoms with Crippen molar-refractivity contribution in [2.24, 2.45) is 0 Å². The zero-order valence-corrected chi connectivity index (χ0v) is 11.8. The summed E-state index contributed by atoms with van der Waals surface area (Å²) in [5, 5.41) is 0. The fourth-order valence-electron chi connectivity index (χ4n) is 2.17. The van der Waals surface area contributed by atoms with E-state index in [9.17, 15) is 18.4 Å². The quantitative estimate of drug-likeness (QED) is 0.792. The van der Waals surface area contributed by atoms with Crippen LogP contribution in [0.25, 0.3) is 0 Å². The molecule has 0 saturated carbocycles. The molecule has 23 heavy (non-hydrogen) atoms. The highest BCUT2D eigenvalue weighted by molar-refractivity contribution is 6.02. The van der Waals surface area contributed by atoms with Crippen molar-refractivity contribution < 1.29 is 27.8 Å². The van der Waals surface area contributed by atoms with Gasteiger partial charge in [0.05, 0.1) is 0 Å². The van der Waals surface area contributed by atoms with E-state index >= 15 is 0 Å². The summed E-state index contributed by atoms with van der Waals surface area (Å²) in [7, 11) is 0. The number of carbonyl (C=O) groups is 2. The van der Waals surface area contributed by atoms with Gasteiger partial charge in [-0.3, -0.25) is 14.6 Å². The average Bonchev–Trinajstić information content (AvgIpc) is 2.85. The van der Waals surface area contributed by atoms with Crippen molar-refractivity contribution in [2.75, 3.05) is 0 Å². The largest absolute Gasteiger partial charge is 0.586 e. The van der Waals surface area contributed by atoms with Crippen molar-refractivity contribution >= 4 is 11.6 Å². The number of fused-ring (bicyclic) bond motifs is 1. The normalized spacial score (nSPS) is 14.5. The lowest BCUT2D eigenvalue weighted by Gasteiger charge is -2.04. The molecule has 1 aliphatic heterocycles. The van der Waals surface area contributed by atoms with Crippen LogP contribution in [0.15, 0.2) is 42.7 Å². The lowest BCUT2D eigenvalue weighted by Crippen LogP contribution is -2.25. The van der Waals surface area contributed by atoms with Crippen molar-refractivity contribution in [3.8, 4) is 11.5 Å². The van der Waals surface area contributed by atoms with Gasteiger partial charge in [0.1, 0.15) is 0 Å². The summed E-state index contributed by atoms with van der Waals surface area (Å²) >= 11 is 0. The Labute approximate surface area is 129 Å². The third-order valence-corrected chi connectivity index (χ3v) is 3.29. The summed E-state index contributed by atoms with van der Waals surface area (Å²) in [6.45, 7) is 0. The highest BCUT2D eigenvalue weighted by Crippen LogP contribution is 2.41. The van der Waals surface area contributed by atoms with Gasteiger partial charge >= 0.3 is 6.29 Å². The molecular weight excluding hydrogens is 308 g/mol. The second-order valence-corrected chi connectivity index (χ2v) is 4.92. The molecule has 0 atom stereocenters. The van der Waals surface area contributed by atoms with Crippen LogP contribution < -0.4 is 9.47 Å². The van der Waals surface area contributed by atoms with Crippen LogP contribution in [-0.4, -0.2) is 22.8 Å². The molecule has 118 valence electrons. The maximum atomic E-state index is 12.9. The number of ether oxygens (including phenoxy) is 2.